The molecular formula is C48H58FN11O6. The van der Waals surface area contributed by atoms with Gasteiger partial charge in [0.15, 0.2) is 11.9 Å². The third-order valence-electron chi connectivity index (χ3n) is 10.2. The third kappa shape index (κ3) is 16.3. The molecule has 0 heterocycles. The molecule has 13 N–H and O–H groups in total. The van der Waals surface area contributed by atoms with Crippen LogP contribution in [-0.2, 0) is 41.6 Å². The molecule has 0 aliphatic heterocycles. The zero-order valence-corrected chi connectivity index (χ0v) is 37.2. The molecule has 18 heteroatoms. The Kier molecular flexibility index (Phi) is 19.1. The average molecular weight is 904 g/mol. The number of guanidine groups is 2. The Morgan fingerprint density at radius 3 is 1.80 bits per heavy atom. The maximum Gasteiger partial charge on any atom is 0.253 e. The largest absolute Gasteiger partial charge is 0.370 e. The summed E-state index contributed by atoms with van der Waals surface area (Å²) in [4.78, 5) is 91.3. The van der Waals surface area contributed by atoms with Crippen molar-refractivity contribution in [3.8, 4) is 11.1 Å². The number of nitrogens with two attached hydrogens (primary N) is 5. The van der Waals surface area contributed by atoms with E-state index in [1.165, 1.54) is 36.4 Å². The number of aliphatic imine (C=N–C) groups is 2. The maximum absolute atomic E-state index is 14.6. The number of imide groups is 1. The van der Waals surface area contributed by atoms with Gasteiger partial charge in [-0.3, -0.25) is 38.7 Å². The van der Waals surface area contributed by atoms with E-state index in [1.807, 2.05) is 56.3 Å². The topological polar surface area (TPSA) is 297 Å². The number of hydrogen-bond donors (Lipinski definition) is 8. The first-order chi connectivity index (χ1) is 31.4. The summed E-state index contributed by atoms with van der Waals surface area (Å²) in [5, 5.41) is 8.08. The van der Waals surface area contributed by atoms with E-state index >= 15 is 0 Å². The van der Waals surface area contributed by atoms with E-state index in [-0.39, 0.29) is 50.1 Å². The van der Waals surface area contributed by atoms with Gasteiger partial charge in [0.2, 0.25) is 29.5 Å². The summed E-state index contributed by atoms with van der Waals surface area (Å²) < 4.78 is 14.0. The van der Waals surface area contributed by atoms with Crippen LogP contribution in [0.25, 0.3) is 17.2 Å². The highest BCUT2D eigenvalue weighted by Crippen LogP contribution is 2.21. The number of carbonyl (C=O) groups excluding carboxylic acids is 6. The summed E-state index contributed by atoms with van der Waals surface area (Å²) in [6.45, 7) is 4.96. The Morgan fingerprint density at radius 2 is 1.23 bits per heavy atom. The van der Waals surface area contributed by atoms with Crippen LogP contribution in [0.5, 0.6) is 0 Å². The van der Waals surface area contributed by atoms with Crippen LogP contribution in [0.4, 0.5) is 10.1 Å². The summed E-state index contributed by atoms with van der Waals surface area (Å²) in [6, 6.07) is 23.4. The Balaban J connectivity index is 1.68. The molecule has 0 aliphatic rings. The van der Waals surface area contributed by atoms with E-state index in [0.717, 1.165) is 23.0 Å². The highest BCUT2D eigenvalue weighted by atomic mass is 19.1. The van der Waals surface area contributed by atoms with Crippen LogP contribution in [0.2, 0.25) is 0 Å². The molecule has 0 saturated heterocycles. The highest BCUT2D eigenvalue weighted by molar-refractivity contribution is 6.06. The Bertz CT molecular complexity index is 2380. The van der Waals surface area contributed by atoms with Crippen molar-refractivity contribution in [2.24, 2.45) is 44.6 Å². The zero-order chi connectivity index (χ0) is 48.3. The fourth-order valence-electron chi connectivity index (χ4n) is 6.94. The van der Waals surface area contributed by atoms with E-state index < -0.39 is 65.4 Å². The molecule has 17 nitrogen and oxygen atoms in total. The van der Waals surface area contributed by atoms with Crippen molar-refractivity contribution >= 4 is 59.1 Å². The number of halogens is 1. The fraction of sp³-hybridized carbons (Fsp3) is 0.292. The normalized spacial score (nSPS) is 12.8. The molecule has 0 bridgehead atoms. The third-order valence-corrected chi connectivity index (χ3v) is 10.2. The molecule has 0 aromatic heterocycles. The summed E-state index contributed by atoms with van der Waals surface area (Å²) in [7, 11) is 0. The van der Waals surface area contributed by atoms with Crippen molar-refractivity contribution in [1.29, 1.82) is 0 Å². The molecule has 4 aromatic carbocycles. The van der Waals surface area contributed by atoms with Crippen LogP contribution in [0.1, 0.15) is 56.7 Å². The first-order valence-electron chi connectivity index (χ1n) is 21.3. The van der Waals surface area contributed by atoms with Gasteiger partial charge in [0.25, 0.3) is 5.91 Å². The van der Waals surface area contributed by atoms with Crippen molar-refractivity contribution in [2.45, 2.75) is 77.0 Å². The summed E-state index contributed by atoms with van der Waals surface area (Å²) >= 11 is 0. The summed E-state index contributed by atoms with van der Waals surface area (Å²) in [6.07, 6.45) is 2.79. The van der Waals surface area contributed by atoms with Crippen molar-refractivity contribution in [1.82, 2.24) is 20.9 Å². The van der Waals surface area contributed by atoms with Gasteiger partial charge in [0.1, 0.15) is 30.0 Å². The van der Waals surface area contributed by atoms with Crippen molar-refractivity contribution in [2.75, 3.05) is 6.54 Å². The van der Waals surface area contributed by atoms with Gasteiger partial charge >= 0.3 is 0 Å². The van der Waals surface area contributed by atoms with Crippen LogP contribution in [-0.4, -0.2) is 83.0 Å². The molecule has 4 rings (SSSR count). The number of hydrogen-bond acceptors (Lipinski definition) is 8. The van der Waals surface area contributed by atoms with Gasteiger partial charge in [0.05, 0.1) is 5.69 Å². The second kappa shape index (κ2) is 24.8. The fourth-order valence-corrected chi connectivity index (χ4v) is 6.94. The predicted molar refractivity (Wildman–Crippen MR) is 252 cm³/mol. The standard InChI is InChI=1S/C48H58FN11O6/c1-29(2)26-39(44(64)57-38(43(50)63)10-7-25-55-47(51)52)58-45(65)40(27-32-15-22-37(23-16-32)56-48(53)54)59-46(66)41(28-33-13-20-36(49)21-14-33)60(30(3)61)42(62)24-17-31-11-18-35(19-12-31)34-8-5-4-6-9-34/h4-6,8-9,11-24,29,38-41H,7,10,25-28H2,1-3H3,(H2,50,63)(H,57,64)(H,58,65)(H,59,66)(H4,51,52,55)(H4,53,54,56)/b24-17+/t38-,39-,40-,41-/m0/s1. The number of primary amides is 1. The predicted octanol–water partition coefficient (Wildman–Crippen LogP) is 2.68. The van der Waals surface area contributed by atoms with Crippen LogP contribution in [0.3, 0.4) is 0 Å². The van der Waals surface area contributed by atoms with Crippen molar-refractivity contribution in [3.63, 3.8) is 0 Å². The zero-order valence-electron chi connectivity index (χ0n) is 37.2. The van der Waals surface area contributed by atoms with Crippen molar-refractivity contribution in [3.05, 3.63) is 132 Å². The summed E-state index contributed by atoms with van der Waals surface area (Å²) in [5.74, 6) is -5.85. The van der Waals surface area contributed by atoms with Gasteiger partial charge in [-0.25, -0.2) is 9.38 Å². The van der Waals surface area contributed by atoms with Gasteiger partial charge in [-0.1, -0.05) is 92.7 Å². The maximum atomic E-state index is 14.6. The Morgan fingerprint density at radius 1 is 0.667 bits per heavy atom. The molecule has 66 heavy (non-hydrogen) atoms. The SMILES string of the molecule is CC(=O)N(C(=O)/C=C/c1ccc(-c2ccccc2)cc1)[C@@H](Cc1ccc(F)cc1)C(=O)N[C@@H](Cc1ccc(N=C(N)N)cc1)C(=O)N[C@@H](CC(C)C)C(=O)N[C@@H](CCCN=C(N)N)C(N)=O. The molecule has 0 spiro atoms. The highest BCUT2D eigenvalue weighted by Gasteiger charge is 2.36. The van der Waals surface area contributed by atoms with E-state index in [1.54, 1.807) is 36.4 Å². The lowest BCUT2D eigenvalue weighted by Crippen LogP contribution is -2.59. The van der Waals surface area contributed by atoms with Crippen LogP contribution >= 0.6 is 0 Å². The number of amides is 6. The number of carbonyl (C=O) groups is 6. The second-order valence-electron chi connectivity index (χ2n) is 16.0. The quantitative estimate of drug-likeness (QED) is 0.0247. The molecule has 0 unspecified atom stereocenters. The molecule has 0 radical (unpaired) electrons. The van der Waals surface area contributed by atoms with Crippen LogP contribution in [0, 0.1) is 11.7 Å². The van der Waals surface area contributed by atoms with Crippen LogP contribution < -0.4 is 44.6 Å². The second-order valence-corrected chi connectivity index (χ2v) is 16.0. The molecule has 6 amide bonds. The van der Waals surface area contributed by atoms with Crippen LogP contribution in [0.15, 0.2) is 119 Å². The summed E-state index contributed by atoms with van der Waals surface area (Å²) in [5.41, 5.74) is 31.4. The van der Waals surface area contributed by atoms with E-state index in [9.17, 15) is 33.2 Å². The molecule has 348 valence electrons. The lowest BCUT2D eigenvalue weighted by atomic mass is 9.99. The van der Waals surface area contributed by atoms with Gasteiger partial charge in [-0.2, -0.15) is 0 Å². The Hall–Kier alpha value is -7.89. The minimum absolute atomic E-state index is 0.102. The first-order valence-corrected chi connectivity index (χ1v) is 21.3. The Labute approximate surface area is 383 Å². The minimum Gasteiger partial charge on any atom is -0.370 e. The number of nitrogens with zero attached hydrogens (tertiary/aromatic N) is 3. The van der Waals surface area contributed by atoms with E-state index in [4.69, 9.17) is 28.7 Å². The monoisotopic (exact) mass is 903 g/mol. The van der Waals surface area contributed by atoms with Gasteiger partial charge in [-0.15, -0.1) is 0 Å². The van der Waals surface area contributed by atoms with Gasteiger partial charge in [-0.05, 0) is 83.3 Å². The lowest BCUT2D eigenvalue weighted by Gasteiger charge is -2.30. The number of nitrogens with one attached hydrogen (secondary N) is 3. The first kappa shape index (κ1) is 50.8. The number of rotatable bonds is 22. The molecule has 4 atom stereocenters. The lowest BCUT2D eigenvalue weighted by molar-refractivity contribution is -0.148. The van der Waals surface area contributed by atoms with E-state index in [0.29, 0.717) is 28.8 Å². The average Bonchev–Trinajstić information content (AvgIpc) is 3.27. The van der Waals surface area contributed by atoms with Crippen molar-refractivity contribution < 1.29 is 33.2 Å². The van der Waals surface area contributed by atoms with Gasteiger partial charge in [0, 0.05) is 32.4 Å². The van der Waals surface area contributed by atoms with Gasteiger partial charge < -0.3 is 44.6 Å². The molecule has 4 aromatic rings. The molecular weight excluding hydrogens is 846 g/mol. The minimum atomic E-state index is -1.55. The smallest absolute Gasteiger partial charge is 0.253 e. The molecule has 0 aliphatic carbocycles. The van der Waals surface area contributed by atoms with E-state index in [2.05, 4.69) is 25.9 Å². The molecule has 0 fully saturated rings. The number of benzene rings is 4. The molecule has 0 saturated carbocycles.